The first-order valence-corrected chi connectivity index (χ1v) is 7.09. The highest BCUT2D eigenvalue weighted by Gasteiger charge is 2.31. The first-order chi connectivity index (χ1) is 8.92. The highest BCUT2D eigenvalue weighted by atomic mass is 32.2. The Morgan fingerprint density at radius 2 is 1.78 bits per heavy atom. The Bertz CT molecular complexity index is 607. The molecule has 18 heavy (non-hydrogen) atoms. The minimum Gasteiger partial charge on any atom is -0.371 e. The van der Waals surface area contributed by atoms with E-state index < -0.39 is 0 Å². The van der Waals surface area contributed by atoms with Gasteiger partial charge >= 0.3 is 0 Å². The van der Waals surface area contributed by atoms with Crippen molar-refractivity contribution in [1.82, 2.24) is 0 Å². The lowest BCUT2D eigenvalue weighted by Crippen LogP contribution is -2.18. The van der Waals surface area contributed by atoms with Gasteiger partial charge in [-0.25, -0.2) is 0 Å². The third kappa shape index (κ3) is 1.49. The van der Waals surface area contributed by atoms with E-state index in [0.717, 1.165) is 0 Å². The summed E-state index contributed by atoms with van der Waals surface area (Å²) in [6.07, 6.45) is 4.56. The number of hydrogen-bond donors (Lipinski definition) is 1. The van der Waals surface area contributed by atoms with E-state index in [0.29, 0.717) is 11.3 Å². The van der Waals surface area contributed by atoms with Crippen molar-refractivity contribution in [2.24, 2.45) is 0 Å². The van der Waals surface area contributed by atoms with Crippen molar-refractivity contribution in [2.45, 2.75) is 16.2 Å². The van der Waals surface area contributed by atoms with Crippen molar-refractivity contribution in [3.8, 4) is 0 Å². The maximum atomic E-state index is 3.63. The third-order valence-electron chi connectivity index (χ3n) is 3.60. The summed E-state index contributed by atoms with van der Waals surface area (Å²) in [6, 6.07) is 17.2. The average molecular weight is 251 g/mol. The Morgan fingerprint density at radius 3 is 2.72 bits per heavy atom. The maximum Gasteiger partial charge on any atom is 0.0873 e. The molecular formula is C16H13NS. The van der Waals surface area contributed by atoms with E-state index in [2.05, 4.69) is 66.0 Å². The maximum absolute atomic E-state index is 3.63. The standard InChI is InChI=1S/C16H13NS/c1-2-6-12-11(5-1)9-10-13(12)16-17-14-7-3-4-8-15(14)18-16/h1-10,13,16-17H. The second kappa shape index (κ2) is 3.92. The number of para-hydroxylation sites is 1. The molecular weight excluding hydrogens is 238 g/mol. The third-order valence-corrected chi connectivity index (χ3v) is 4.88. The van der Waals surface area contributed by atoms with Gasteiger partial charge in [-0.2, -0.15) is 0 Å². The Morgan fingerprint density at radius 1 is 0.944 bits per heavy atom. The lowest BCUT2D eigenvalue weighted by molar-refractivity contribution is 0.859. The van der Waals surface area contributed by atoms with E-state index in [1.165, 1.54) is 21.7 Å². The van der Waals surface area contributed by atoms with Crippen molar-refractivity contribution in [1.29, 1.82) is 0 Å². The molecule has 0 spiro atoms. The molecule has 2 aromatic rings. The van der Waals surface area contributed by atoms with E-state index in [9.17, 15) is 0 Å². The number of nitrogens with one attached hydrogen (secondary N) is 1. The van der Waals surface area contributed by atoms with Crippen molar-refractivity contribution in [3.05, 3.63) is 65.7 Å². The largest absolute Gasteiger partial charge is 0.371 e. The Balaban J connectivity index is 1.67. The van der Waals surface area contributed by atoms with Crippen LogP contribution in [0, 0.1) is 0 Å². The van der Waals surface area contributed by atoms with Crippen LogP contribution < -0.4 is 5.32 Å². The molecule has 0 saturated carbocycles. The molecule has 2 aliphatic rings. The molecule has 2 unspecified atom stereocenters. The van der Waals surface area contributed by atoms with Crippen LogP contribution in [0.1, 0.15) is 17.0 Å². The van der Waals surface area contributed by atoms with Crippen molar-refractivity contribution >= 4 is 23.5 Å². The summed E-state index contributed by atoms with van der Waals surface area (Å²) in [4.78, 5) is 1.36. The SMILES string of the molecule is C1=CC(C2Nc3ccccc3S2)c2ccccc21. The van der Waals surface area contributed by atoms with Gasteiger partial charge < -0.3 is 5.32 Å². The second-order valence-corrected chi connectivity index (χ2v) is 5.88. The van der Waals surface area contributed by atoms with Crippen LogP contribution in [0.15, 0.2) is 59.5 Å². The zero-order valence-corrected chi connectivity index (χ0v) is 10.7. The molecule has 1 aliphatic heterocycles. The molecule has 0 bridgehead atoms. The summed E-state index contributed by atoms with van der Waals surface area (Å²) >= 11 is 1.93. The number of hydrogen-bond acceptors (Lipinski definition) is 2. The van der Waals surface area contributed by atoms with E-state index >= 15 is 0 Å². The average Bonchev–Trinajstić information content (AvgIpc) is 3.02. The van der Waals surface area contributed by atoms with Gasteiger partial charge in [0.2, 0.25) is 0 Å². The molecule has 2 aromatic carbocycles. The molecule has 0 radical (unpaired) electrons. The van der Waals surface area contributed by atoms with E-state index in [1.54, 1.807) is 0 Å². The van der Waals surface area contributed by atoms with Gasteiger partial charge in [-0.05, 0) is 23.3 Å². The fourth-order valence-corrected chi connectivity index (χ4v) is 3.97. The molecule has 0 amide bonds. The lowest BCUT2D eigenvalue weighted by Gasteiger charge is -2.18. The molecule has 1 heterocycles. The van der Waals surface area contributed by atoms with Gasteiger partial charge in [0.15, 0.2) is 0 Å². The Hall–Kier alpha value is -1.67. The highest BCUT2D eigenvalue weighted by Crippen LogP contribution is 2.46. The topological polar surface area (TPSA) is 12.0 Å². The van der Waals surface area contributed by atoms with Crippen LogP contribution in [-0.2, 0) is 0 Å². The van der Waals surface area contributed by atoms with E-state index in [-0.39, 0.29) is 0 Å². The second-order valence-electron chi connectivity index (χ2n) is 4.69. The van der Waals surface area contributed by atoms with Crippen LogP contribution in [0.3, 0.4) is 0 Å². The predicted octanol–water partition coefficient (Wildman–Crippen LogP) is 4.34. The van der Waals surface area contributed by atoms with Crippen LogP contribution in [0.25, 0.3) is 6.08 Å². The molecule has 1 nitrogen and oxygen atoms in total. The molecule has 1 N–H and O–H groups in total. The first kappa shape index (κ1) is 10.3. The van der Waals surface area contributed by atoms with E-state index in [4.69, 9.17) is 0 Å². The molecule has 2 atom stereocenters. The summed E-state index contributed by atoms with van der Waals surface area (Å²) in [6.45, 7) is 0. The molecule has 0 aromatic heterocycles. The van der Waals surface area contributed by atoms with Crippen LogP contribution in [0.2, 0.25) is 0 Å². The number of benzene rings is 2. The molecule has 4 rings (SSSR count). The lowest BCUT2D eigenvalue weighted by atomic mass is 10.0. The summed E-state index contributed by atoms with van der Waals surface area (Å²) in [5.41, 5.74) is 4.07. The molecule has 88 valence electrons. The molecule has 2 heteroatoms. The molecule has 1 aliphatic carbocycles. The van der Waals surface area contributed by atoms with Gasteiger partial charge in [-0.15, -0.1) is 0 Å². The van der Waals surface area contributed by atoms with Crippen LogP contribution in [0.5, 0.6) is 0 Å². The van der Waals surface area contributed by atoms with Gasteiger partial charge in [-0.1, -0.05) is 60.3 Å². The predicted molar refractivity (Wildman–Crippen MR) is 77.9 cm³/mol. The van der Waals surface area contributed by atoms with Crippen LogP contribution in [0.4, 0.5) is 5.69 Å². The zero-order chi connectivity index (χ0) is 11.9. The minimum atomic E-state index is 0.419. The summed E-state index contributed by atoms with van der Waals surface area (Å²) < 4.78 is 0. The zero-order valence-electron chi connectivity index (χ0n) is 9.84. The Kier molecular flexibility index (Phi) is 2.24. The van der Waals surface area contributed by atoms with Crippen LogP contribution in [-0.4, -0.2) is 5.37 Å². The van der Waals surface area contributed by atoms with Crippen molar-refractivity contribution in [3.63, 3.8) is 0 Å². The van der Waals surface area contributed by atoms with Crippen molar-refractivity contribution < 1.29 is 0 Å². The van der Waals surface area contributed by atoms with E-state index in [1.807, 2.05) is 11.8 Å². The van der Waals surface area contributed by atoms with Gasteiger partial charge in [0.1, 0.15) is 0 Å². The Labute approximate surface area is 111 Å². The summed E-state index contributed by atoms with van der Waals surface area (Å²) in [7, 11) is 0. The number of fused-ring (bicyclic) bond motifs is 2. The fraction of sp³-hybridized carbons (Fsp3) is 0.125. The number of thioether (sulfide) groups is 1. The summed E-state index contributed by atoms with van der Waals surface area (Å²) in [5.74, 6) is 0.471. The number of anilines is 1. The smallest absolute Gasteiger partial charge is 0.0873 e. The minimum absolute atomic E-state index is 0.419. The quantitative estimate of drug-likeness (QED) is 0.809. The van der Waals surface area contributed by atoms with Gasteiger partial charge in [0, 0.05) is 16.5 Å². The van der Waals surface area contributed by atoms with Gasteiger partial charge in [0.25, 0.3) is 0 Å². The molecule has 0 fully saturated rings. The van der Waals surface area contributed by atoms with Crippen molar-refractivity contribution in [2.75, 3.05) is 5.32 Å². The monoisotopic (exact) mass is 251 g/mol. The van der Waals surface area contributed by atoms with Gasteiger partial charge in [0.05, 0.1) is 5.37 Å². The fourth-order valence-electron chi connectivity index (χ4n) is 2.71. The van der Waals surface area contributed by atoms with Crippen LogP contribution >= 0.6 is 11.8 Å². The molecule has 0 saturated heterocycles. The summed E-state index contributed by atoms with van der Waals surface area (Å²) in [5, 5.41) is 4.05. The highest BCUT2D eigenvalue weighted by molar-refractivity contribution is 8.00. The van der Waals surface area contributed by atoms with Gasteiger partial charge in [-0.3, -0.25) is 0 Å². The first-order valence-electron chi connectivity index (χ1n) is 6.21. The number of rotatable bonds is 1. The normalized spacial score (nSPS) is 23.6.